The van der Waals surface area contributed by atoms with Crippen LogP contribution in [0.4, 0.5) is 5.69 Å². The number of hydrogen-bond acceptors (Lipinski definition) is 5. The summed E-state index contributed by atoms with van der Waals surface area (Å²) in [5, 5.41) is 0. The van der Waals surface area contributed by atoms with Crippen LogP contribution in [0, 0.1) is 0 Å². The number of fused-ring (bicyclic) bond motifs is 1. The second-order valence-corrected chi connectivity index (χ2v) is 6.68. The van der Waals surface area contributed by atoms with Gasteiger partial charge >= 0.3 is 0 Å². The first kappa shape index (κ1) is 22.1. The molecule has 0 aromatic carbocycles. The molecule has 0 atom stereocenters. The summed E-state index contributed by atoms with van der Waals surface area (Å²) < 4.78 is 0. The van der Waals surface area contributed by atoms with Gasteiger partial charge in [-0.3, -0.25) is 14.5 Å². The number of rotatable bonds is 13. The first-order valence-electron chi connectivity index (χ1n) is 10.2. The van der Waals surface area contributed by atoms with Gasteiger partial charge in [-0.15, -0.1) is 0 Å². The fraction of sp³-hybridized carbons (Fsp3) is 0.500. The third kappa shape index (κ3) is 7.11. The Morgan fingerprint density at radius 3 is 2.21 bits per heavy atom. The molecule has 1 amide bonds. The fourth-order valence-electron chi connectivity index (χ4n) is 2.98. The zero-order valence-corrected chi connectivity index (χ0v) is 17.3. The molecule has 0 aromatic rings. The normalized spacial score (nSPS) is 11.0. The topological polar surface area (TPSA) is 62.8 Å². The lowest BCUT2D eigenvalue weighted by Crippen LogP contribution is -2.28. The zero-order valence-electron chi connectivity index (χ0n) is 17.3. The van der Waals surface area contributed by atoms with Crippen LogP contribution in [-0.4, -0.2) is 38.8 Å². The van der Waals surface area contributed by atoms with Crippen molar-refractivity contribution in [1.29, 1.82) is 0 Å². The molecule has 0 radical (unpaired) electrons. The molecule has 0 unspecified atom stereocenters. The maximum absolute atomic E-state index is 12.0. The number of hydrogen-bond donors (Lipinski definition) is 2. The summed E-state index contributed by atoms with van der Waals surface area (Å²) in [6.07, 6.45) is 2.46. The van der Waals surface area contributed by atoms with E-state index >= 15 is 0 Å². The Labute approximate surface area is 168 Å². The van der Waals surface area contributed by atoms with Crippen molar-refractivity contribution in [2.45, 2.75) is 40.0 Å². The standard InChI is InChI=1S/C22H33N3O3/c1-4-7-12-23-27-13-14-28-24-22(26)15-18-8-10-19-16-21(25(5-2)6-3)17-20(19)11-9-18/h8-11,16-17,23H,4-7,12-15H2,1-3H3,(H,24,26). The van der Waals surface area contributed by atoms with Crippen LogP contribution in [0.15, 0.2) is 36.4 Å². The summed E-state index contributed by atoms with van der Waals surface area (Å²) in [4.78, 5) is 24.7. The smallest absolute Gasteiger partial charge is 0.247 e. The quantitative estimate of drug-likeness (QED) is 0.407. The van der Waals surface area contributed by atoms with Gasteiger partial charge in [0.25, 0.3) is 0 Å². The molecule has 2 N–H and O–H groups in total. The van der Waals surface area contributed by atoms with Crippen molar-refractivity contribution >= 4 is 11.6 Å². The van der Waals surface area contributed by atoms with Crippen molar-refractivity contribution in [2.75, 3.05) is 37.7 Å². The minimum Gasteiger partial charge on any atom is -0.372 e. The Hall–Kier alpha value is -2.15. The van der Waals surface area contributed by atoms with E-state index in [-0.39, 0.29) is 12.3 Å². The molecule has 2 rings (SSSR count). The zero-order chi connectivity index (χ0) is 20.2. The maximum atomic E-state index is 12.0. The molecule has 0 aliphatic heterocycles. The average molecular weight is 388 g/mol. The van der Waals surface area contributed by atoms with Crippen LogP contribution in [0.5, 0.6) is 0 Å². The molecule has 6 heteroatoms. The highest BCUT2D eigenvalue weighted by atomic mass is 16.7. The molecule has 0 saturated heterocycles. The second kappa shape index (κ2) is 12.3. The second-order valence-electron chi connectivity index (χ2n) is 6.68. The van der Waals surface area contributed by atoms with E-state index in [1.807, 2.05) is 12.1 Å². The summed E-state index contributed by atoms with van der Waals surface area (Å²) >= 11 is 0. The Morgan fingerprint density at radius 1 is 0.964 bits per heavy atom. The van der Waals surface area contributed by atoms with Gasteiger partial charge in [0.05, 0.1) is 13.0 Å². The van der Waals surface area contributed by atoms with Crippen LogP contribution in [0.3, 0.4) is 0 Å². The Morgan fingerprint density at radius 2 is 1.61 bits per heavy atom. The third-order valence-corrected chi connectivity index (χ3v) is 4.60. The van der Waals surface area contributed by atoms with Crippen LogP contribution in [-0.2, 0) is 20.9 Å². The average Bonchev–Trinajstić information content (AvgIpc) is 3.01. The first-order chi connectivity index (χ1) is 13.7. The predicted octanol–water partition coefficient (Wildman–Crippen LogP) is 3.55. The van der Waals surface area contributed by atoms with Gasteiger partial charge in [0.1, 0.15) is 6.61 Å². The van der Waals surface area contributed by atoms with E-state index in [0.29, 0.717) is 13.2 Å². The molecular formula is C22H33N3O3. The summed E-state index contributed by atoms with van der Waals surface area (Å²) in [5.41, 5.74) is 9.86. The molecular weight excluding hydrogens is 354 g/mol. The Balaban J connectivity index is 1.78. The number of carbonyl (C=O) groups excluding carboxylic acids is 1. The predicted molar refractivity (Wildman–Crippen MR) is 113 cm³/mol. The van der Waals surface area contributed by atoms with E-state index in [1.54, 1.807) is 0 Å². The molecule has 0 spiro atoms. The van der Waals surface area contributed by atoms with Crippen LogP contribution < -0.4 is 15.9 Å². The van der Waals surface area contributed by atoms with Gasteiger partial charge in [0.2, 0.25) is 5.91 Å². The van der Waals surface area contributed by atoms with E-state index in [9.17, 15) is 4.79 Å². The van der Waals surface area contributed by atoms with E-state index in [2.05, 4.69) is 60.9 Å². The number of carbonyl (C=O) groups is 1. The number of nitrogens with one attached hydrogen (secondary N) is 2. The minimum absolute atomic E-state index is 0.173. The molecule has 0 aromatic heterocycles. The van der Waals surface area contributed by atoms with Gasteiger partial charge in [0.15, 0.2) is 0 Å². The maximum Gasteiger partial charge on any atom is 0.247 e. The van der Waals surface area contributed by atoms with Crippen LogP contribution in [0.25, 0.3) is 11.1 Å². The Bertz CT molecular complexity index is 655. The summed E-state index contributed by atoms with van der Waals surface area (Å²) in [6.45, 7) is 9.93. The fourth-order valence-corrected chi connectivity index (χ4v) is 2.98. The lowest BCUT2D eigenvalue weighted by atomic mass is 10.2. The lowest BCUT2D eigenvalue weighted by Gasteiger charge is -2.18. The van der Waals surface area contributed by atoms with Crippen LogP contribution in [0.1, 0.15) is 39.2 Å². The van der Waals surface area contributed by atoms with Gasteiger partial charge < -0.3 is 4.90 Å². The summed E-state index contributed by atoms with van der Waals surface area (Å²) in [6, 6.07) is 12.5. The van der Waals surface area contributed by atoms with Gasteiger partial charge in [-0.25, -0.2) is 11.0 Å². The molecule has 6 nitrogen and oxygen atoms in total. The van der Waals surface area contributed by atoms with Crippen molar-refractivity contribution in [2.24, 2.45) is 0 Å². The van der Waals surface area contributed by atoms with Crippen LogP contribution in [0.2, 0.25) is 0 Å². The van der Waals surface area contributed by atoms with Crippen molar-refractivity contribution in [3.63, 3.8) is 0 Å². The lowest BCUT2D eigenvalue weighted by molar-refractivity contribution is -0.134. The number of nitrogens with zero attached hydrogens (tertiary/aromatic N) is 1. The number of anilines is 1. The van der Waals surface area contributed by atoms with Crippen molar-refractivity contribution < 1.29 is 14.5 Å². The largest absolute Gasteiger partial charge is 0.372 e. The van der Waals surface area contributed by atoms with Crippen molar-refractivity contribution in [3.8, 4) is 11.1 Å². The molecule has 0 heterocycles. The highest BCUT2D eigenvalue weighted by Crippen LogP contribution is 2.30. The first-order valence-corrected chi connectivity index (χ1v) is 10.2. The summed E-state index contributed by atoms with van der Waals surface area (Å²) in [5.74, 6) is -0.173. The number of hydroxylamine groups is 2. The minimum atomic E-state index is -0.173. The SMILES string of the molecule is CCCCNOCCONC(=O)Cc1ccc2cc(N(CC)CC)cc-2cc1. The molecule has 0 bridgehead atoms. The Kier molecular flexibility index (Phi) is 9.76. The highest BCUT2D eigenvalue weighted by Gasteiger charge is 2.10. The van der Waals surface area contributed by atoms with Crippen LogP contribution >= 0.6 is 0 Å². The van der Waals surface area contributed by atoms with E-state index in [0.717, 1.165) is 38.0 Å². The van der Waals surface area contributed by atoms with Gasteiger partial charge in [0, 0.05) is 25.3 Å². The van der Waals surface area contributed by atoms with E-state index in [1.165, 1.54) is 16.8 Å². The molecule has 0 fully saturated rings. The van der Waals surface area contributed by atoms with Crippen molar-refractivity contribution in [1.82, 2.24) is 11.0 Å². The van der Waals surface area contributed by atoms with E-state index in [4.69, 9.17) is 9.68 Å². The molecule has 154 valence electrons. The molecule has 2 aliphatic carbocycles. The molecule has 0 saturated carbocycles. The number of amides is 1. The highest BCUT2D eigenvalue weighted by molar-refractivity contribution is 5.79. The van der Waals surface area contributed by atoms with Gasteiger partial charge in [-0.2, -0.15) is 0 Å². The summed E-state index contributed by atoms with van der Waals surface area (Å²) in [7, 11) is 0. The van der Waals surface area contributed by atoms with Gasteiger partial charge in [-0.05, 0) is 49.1 Å². The van der Waals surface area contributed by atoms with Crippen molar-refractivity contribution in [3.05, 3.63) is 42.0 Å². The molecule has 28 heavy (non-hydrogen) atoms. The number of unbranched alkanes of at least 4 members (excludes halogenated alkanes) is 1. The van der Waals surface area contributed by atoms with E-state index < -0.39 is 0 Å². The van der Waals surface area contributed by atoms with Gasteiger partial charge in [-0.1, -0.05) is 37.6 Å². The molecule has 2 aliphatic rings. The monoisotopic (exact) mass is 387 g/mol. The third-order valence-electron chi connectivity index (χ3n) is 4.60.